The number of ketones is 1. The number of aromatic nitrogens is 1. The molecule has 1 aromatic carbocycles. The van der Waals surface area contributed by atoms with Crippen molar-refractivity contribution in [2.75, 3.05) is 19.8 Å². The number of carbonyl (C=O) groups excluding carboxylic acids is 1. The highest BCUT2D eigenvalue weighted by atomic mass is 16.6. The molecule has 8 heteroatoms. The SMILES string of the molecule is O=C(COc1cccnc1[N+](=O)[O-])c1ccc2c(c1)OCCCO2. The van der Waals surface area contributed by atoms with Crippen LogP contribution >= 0.6 is 0 Å². The molecule has 1 aromatic heterocycles. The first-order chi connectivity index (χ1) is 11.6. The summed E-state index contributed by atoms with van der Waals surface area (Å²) >= 11 is 0. The van der Waals surface area contributed by atoms with E-state index in [2.05, 4.69) is 4.98 Å². The maximum absolute atomic E-state index is 12.3. The quantitative estimate of drug-likeness (QED) is 0.471. The lowest BCUT2D eigenvalue weighted by molar-refractivity contribution is -0.390. The van der Waals surface area contributed by atoms with E-state index in [1.165, 1.54) is 18.3 Å². The molecule has 24 heavy (non-hydrogen) atoms. The molecular weight excluding hydrogens is 316 g/mol. The first-order valence-corrected chi connectivity index (χ1v) is 7.30. The van der Waals surface area contributed by atoms with Crippen molar-refractivity contribution in [3.8, 4) is 17.2 Å². The molecule has 2 aromatic rings. The predicted octanol–water partition coefficient (Wildman–Crippen LogP) is 2.41. The van der Waals surface area contributed by atoms with Gasteiger partial charge in [0.15, 0.2) is 23.9 Å². The Bertz CT molecular complexity index is 777. The molecule has 0 spiro atoms. The fraction of sp³-hybridized carbons (Fsp3) is 0.250. The number of hydrogen-bond acceptors (Lipinski definition) is 7. The van der Waals surface area contributed by atoms with E-state index in [1.807, 2.05) is 0 Å². The van der Waals surface area contributed by atoms with Gasteiger partial charge in [-0.05, 0) is 40.2 Å². The molecule has 124 valence electrons. The molecule has 0 atom stereocenters. The summed E-state index contributed by atoms with van der Waals surface area (Å²) in [6.07, 6.45) is 2.06. The lowest BCUT2D eigenvalue weighted by Gasteiger charge is -2.09. The van der Waals surface area contributed by atoms with E-state index in [9.17, 15) is 14.9 Å². The molecule has 3 rings (SSSR count). The van der Waals surface area contributed by atoms with Crippen molar-refractivity contribution < 1.29 is 23.9 Å². The average Bonchev–Trinajstić information content (AvgIpc) is 2.84. The van der Waals surface area contributed by atoms with Gasteiger partial charge in [-0.25, -0.2) is 0 Å². The lowest BCUT2D eigenvalue weighted by atomic mass is 10.1. The number of hydrogen-bond donors (Lipinski definition) is 0. The van der Waals surface area contributed by atoms with Gasteiger partial charge in [0.1, 0.15) is 6.20 Å². The number of rotatable bonds is 5. The molecule has 0 unspecified atom stereocenters. The monoisotopic (exact) mass is 330 g/mol. The first kappa shape index (κ1) is 15.7. The minimum Gasteiger partial charge on any atom is -0.490 e. The molecule has 0 aliphatic carbocycles. The summed E-state index contributed by atoms with van der Waals surface area (Å²) in [6.45, 7) is 0.739. The zero-order valence-electron chi connectivity index (χ0n) is 12.6. The molecule has 0 bridgehead atoms. The topological polar surface area (TPSA) is 101 Å². The van der Waals surface area contributed by atoms with Gasteiger partial charge in [-0.15, -0.1) is 0 Å². The largest absolute Gasteiger partial charge is 0.490 e. The lowest BCUT2D eigenvalue weighted by Crippen LogP contribution is -2.13. The Morgan fingerprint density at radius 2 is 2.04 bits per heavy atom. The van der Waals surface area contributed by atoms with Gasteiger partial charge in [-0.2, -0.15) is 0 Å². The van der Waals surface area contributed by atoms with Crippen LogP contribution in [0.1, 0.15) is 16.8 Å². The van der Waals surface area contributed by atoms with Gasteiger partial charge < -0.3 is 24.3 Å². The van der Waals surface area contributed by atoms with E-state index in [1.54, 1.807) is 18.2 Å². The van der Waals surface area contributed by atoms with Crippen molar-refractivity contribution in [1.29, 1.82) is 0 Å². The predicted molar refractivity (Wildman–Crippen MR) is 82.8 cm³/mol. The second-order valence-electron chi connectivity index (χ2n) is 5.01. The molecule has 0 saturated heterocycles. The van der Waals surface area contributed by atoms with Gasteiger partial charge in [0.2, 0.25) is 5.75 Å². The number of pyridine rings is 1. The normalized spacial score (nSPS) is 13.0. The number of nitro groups is 1. The van der Waals surface area contributed by atoms with E-state index in [4.69, 9.17) is 14.2 Å². The van der Waals surface area contributed by atoms with Gasteiger partial charge in [0.25, 0.3) is 0 Å². The third-order valence-corrected chi connectivity index (χ3v) is 3.35. The van der Waals surface area contributed by atoms with E-state index in [0.717, 1.165) is 6.42 Å². The molecule has 8 nitrogen and oxygen atoms in total. The number of carbonyl (C=O) groups is 1. The second-order valence-corrected chi connectivity index (χ2v) is 5.01. The maximum atomic E-state index is 12.3. The molecule has 1 aliphatic heterocycles. The first-order valence-electron chi connectivity index (χ1n) is 7.30. The van der Waals surface area contributed by atoms with Crippen LogP contribution in [0.25, 0.3) is 0 Å². The van der Waals surface area contributed by atoms with Crippen molar-refractivity contribution in [3.63, 3.8) is 0 Å². The summed E-state index contributed by atoms with van der Waals surface area (Å²) in [6, 6.07) is 7.76. The van der Waals surface area contributed by atoms with Gasteiger partial charge in [0.05, 0.1) is 13.2 Å². The molecule has 2 heterocycles. The molecule has 1 aliphatic rings. The van der Waals surface area contributed by atoms with E-state index in [-0.39, 0.29) is 18.1 Å². The van der Waals surface area contributed by atoms with Gasteiger partial charge >= 0.3 is 5.82 Å². The van der Waals surface area contributed by atoms with Crippen LogP contribution in [-0.2, 0) is 0 Å². The van der Waals surface area contributed by atoms with Crippen LogP contribution in [0.4, 0.5) is 5.82 Å². The van der Waals surface area contributed by atoms with Gasteiger partial charge in [-0.1, -0.05) is 0 Å². The molecular formula is C16H14N2O6. The highest BCUT2D eigenvalue weighted by molar-refractivity contribution is 5.97. The van der Waals surface area contributed by atoms with E-state index in [0.29, 0.717) is 30.3 Å². The van der Waals surface area contributed by atoms with Crippen LogP contribution in [0.15, 0.2) is 36.5 Å². The zero-order valence-corrected chi connectivity index (χ0v) is 12.6. The maximum Gasteiger partial charge on any atom is 0.406 e. The van der Waals surface area contributed by atoms with E-state index >= 15 is 0 Å². The van der Waals surface area contributed by atoms with Crippen LogP contribution in [0, 0.1) is 10.1 Å². The van der Waals surface area contributed by atoms with Crippen molar-refractivity contribution in [1.82, 2.24) is 4.98 Å². The summed E-state index contributed by atoms with van der Waals surface area (Å²) in [5.74, 6) is 0.288. The third kappa shape index (κ3) is 3.43. The molecule has 0 amide bonds. The smallest absolute Gasteiger partial charge is 0.406 e. The third-order valence-electron chi connectivity index (χ3n) is 3.35. The molecule has 0 N–H and O–H groups in total. The highest BCUT2D eigenvalue weighted by Crippen LogP contribution is 2.30. The van der Waals surface area contributed by atoms with Crippen molar-refractivity contribution >= 4 is 11.6 Å². The van der Waals surface area contributed by atoms with E-state index < -0.39 is 10.7 Å². The minimum atomic E-state index is -0.659. The number of fused-ring (bicyclic) bond motifs is 1. The van der Waals surface area contributed by atoms with Gasteiger partial charge in [-0.3, -0.25) is 4.79 Å². The Labute approximate surface area is 137 Å². The fourth-order valence-electron chi connectivity index (χ4n) is 2.20. The van der Waals surface area contributed by atoms with Gasteiger partial charge in [0, 0.05) is 12.0 Å². The fourth-order valence-corrected chi connectivity index (χ4v) is 2.20. The number of Topliss-reactive ketones (excluding diaryl/α,β-unsaturated/α-hetero) is 1. The summed E-state index contributed by atoms with van der Waals surface area (Å²) in [7, 11) is 0. The Morgan fingerprint density at radius 3 is 2.83 bits per heavy atom. The summed E-state index contributed by atoms with van der Waals surface area (Å²) < 4.78 is 16.3. The Kier molecular flexibility index (Phi) is 4.55. The molecule has 0 radical (unpaired) electrons. The number of nitrogens with zero attached hydrogens (tertiary/aromatic N) is 2. The Morgan fingerprint density at radius 1 is 1.25 bits per heavy atom. The summed E-state index contributed by atoms with van der Waals surface area (Å²) in [5, 5.41) is 10.9. The standard InChI is InChI=1S/C16H14N2O6/c19-12(10-24-14-3-1-6-17-16(14)18(20)21)11-4-5-13-15(9-11)23-8-2-7-22-13/h1,3-6,9H,2,7-8,10H2. The highest BCUT2D eigenvalue weighted by Gasteiger charge is 2.18. The molecule has 0 fully saturated rings. The van der Waals surface area contributed by atoms with Crippen LogP contribution in [0.3, 0.4) is 0 Å². The van der Waals surface area contributed by atoms with Crippen molar-refractivity contribution in [2.45, 2.75) is 6.42 Å². The van der Waals surface area contributed by atoms with Crippen LogP contribution in [0.2, 0.25) is 0 Å². The summed E-state index contributed by atoms with van der Waals surface area (Å²) in [5.41, 5.74) is 0.380. The summed E-state index contributed by atoms with van der Waals surface area (Å²) in [4.78, 5) is 26.1. The Balaban J connectivity index is 1.72. The average molecular weight is 330 g/mol. The second kappa shape index (κ2) is 6.95. The molecule has 0 saturated carbocycles. The van der Waals surface area contributed by atoms with Crippen LogP contribution in [-0.4, -0.2) is 35.5 Å². The number of benzene rings is 1. The Hall–Kier alpha value is -3.16. The zero-order chi connectivity index (χ0) is 16.9. The van der Waals surface area contributed by atoms with Crippen molar-refractivity contribution in [3.05, 3.63) is 52.2 Å². The van der Waals surface area contributed by atoms with Crippen molar-refractivity contribution in [2.24, 2.45) is 0 Å². The minimum absolute atomic E-state index is 0.0507. The number of ether oxygens (including phenoxy) is 3. The van der Waals surface area contributed by atoms with Crippen LogP contribution < -0.4 is 14.2 Å². The van der Waals surface area contributed by atoms with Crippen LogP contribution in [0.5, 0.6) is 17.2 Å².